The van der Waals surface area contributed by atoms with E-state index in [2.05, 4.69) is 19.5 Å². The Bertz CT molecular complexity index is 445. The summed E-state index contributed by atoms with van der Waals surface area (Å²) in [5.41, 5.74) is 0.995. The van der Waals surface area contributed by atoms with Crippen LogP contribution in [0.25, 0.3) is 11.4 Å². The fraction of sp³-hybridized carbons (Fsp3) is 0.364. The summed E-state index contributed by atoms with van der Waals surface area (Å²) < 4.78 is 2.24. The highest BCUT2D eigenvalue weighted by atomic mass is 15.1. The Morgan fingerprint density at radius 1 is 1.20 bits per heavy atom. The van der Waals surface area contributed by atoms with E-state index in [0.717, 1.165) is 11.4 Å². The van der Waals surface area contributed by atoms with Crippen LogP contribution in [0.3, 0.4) is 0 Å². The normalized spacial score (nSPS) is 16.3. The summed E-state index contributed by atoms with van der Waals surface area (Å²) in [6, 6.07) is 0.628. The van der Waals surface area contributed by atoms with E-state index in [0.29, 0.717) is 6.04 Å². The van der Waals surface area contributed by atoms with Crippen molar-refractivity contribution in [3.63, 3.8) is 0 Å². The monoisotopic (exact) mass is 200 g/mol. The molecule has 3 rings (SSSR count). The lowest BCUT2D eigenvalue weighted by Gasteiger charge is -2.28. The summed E-state index contributed by atoms with van der Waals surface area (Å²) in [7, 11) is 0. The molecule has 2 aromatic heterocycles. The lowest BCUT2D eigenvalue weighted by Crippen LogP contribution is -2.17. The third-order valence-electron chi connectivity index (χ3n) is 2.96. The van der Waals surface area contributed by atoms with Crippen LogP contribution in [0.4, 0.5) is 0 Å². The zero-order valence-corrected chi connectivity index (χ0v) is 8.37. The van der Waals surface area contributed by atoms with Crippen LogP contribution < -0.4 is 0 Å². The summed E-state index contributed by atoms with van der Waals surface area (Å²) >= 11 is 0. The first-order chi connectivity index (χ1) is 7.45. The molecule has 4 heteroatoms. The molecule has 0 saturated heterocycles. The molecule has 0 bridgehead atoms. The van der Waals surface area contributed by atoms with Gasteiger partial charge in [0.05, 0.1) is 5.56 Å². The van der Waals surface area contributed by atoms with Crippen LogP contribution in [0.1, 0.15) is 25.3 Å². The molecule has 0 spiro atoms. The Balaban J connectivity index is 2.01. The SMILES string of the molecule is c1ncc(-c2nccn2C2CCC2)cn1. The fourth-order valence-electron chi connectivity index (χ4n) is 1.91. The van der Waals surface area contributed by atoms with E-state index >= 15 is 0 Å². The van der Waals surface area contributed by atoms with E-state index in [1.165, 1.54) is 19.3 Å². The minimum Gasteiger partial charge on any atom is -0.328 e. The van der Waals surface area contributed by atoms with Crippen LogP contribution in [-0.2, 0) is 0 Å². The molecule has 0 unspecified atom stereocenters. The molecule has 1 aliphatic rings. The van der Waals surface area contributed by atoms with Gasteiger partial charge in [-0.05, 0) is 19.3 Å². The quantitative estimate of drug-likeness (QED) is 0.745. The summed E-state index contributed by atoms with van der Waals surface area (Å²) in [6.45, 7) is 0. The molecule has 1 aliphatic carbocycles. The molecule has 4 nitrogen and oxygen atoms in total. The molecule has 2 heterocycles. The molecular weight excluding hydrogens is 188 g/mol. The molecule has 0 aliphatic heterocycles. The Kier molecular flexibility index (Phi) is 1.98. The topological polar surface area (TPSA) is 43.6 Å². The number of nitrogens with zero attached hydrogens (tertiary/aromatic N) is 4. The first-order valence-electron chi connectivity index (χ1n) is 5.23. The first-order valence-corrected chi connectivity index (χ1v) is 5.23. The third-order valence-corrected chi connectivity index (χ3v) is 2.96. The molecule has 0 radical (unpaired) electrons. The maximum absolute atomic E-state index is 4.37. The van der Waals surface area contributed by atoms with Gasteiger partial charge in [0.1, 0.15) is 12.2 Å². The zero-order chi connectivity index (χ0) is 10.1. The first kappa shape index (κ1) is 8.59. The summed E-state index contributed by atoms with van der Waals surface area (Å²) in [4.78, 5) is 12.4. The molecule has 1 saturated carbocycles. The Labute approximate surface area is 88.0 Å². The van der Waals surface area contributed by atoms with E-state index in [9.17, 15) is 0 Å². The zero-order valence-electron chi connectivity index (χ0n) is 8.37. The maximum atomic E-state index is 4.37. The number of rotatable bonds is 2. The molecule has 0 atom stereocenters. The lowest BCUT2D eigenvalue weighted by atomic mass is 9.93. The molecule has 0 amide bonds. The van der Waals surface area contributed by atoms with E-state index in [-0.39, 0.29) is 0 Å². The highest BCUT2D eigenvalue weighted by Gasteiger charge is 2.21. The smallest absolute Gasteiger partial charge is 0.143 e. The van der Waals surface area contributed by atoms with Crippen molar-refractivity contribution < 1.29 is 0 Å². The Hall–Kier alpha value is -1.71. The maximum Gasteiger partial charge on any atom is 0.143 e. The number of hydrogen-bond donors (Lipinski definition) is 0. The van der Waals surface area contributed by atoms with Crippen LogP contribution in [0, 0.1) is 0 Å². The lowest BCUT2D eigenvalue weighted by molar-refractivity contribution is 0.316. The second-order valence-electron chi connectivity index (χ2n) is 3.87. The predicted octanol–water partition coefficient (Wildman–Crippen LogP) is 2.07. The largest absolute Gasteiger partial charge is 0.328 e. The molecule has 76 valence electrons. The van der Waals surface area contributed by atoms with Crippen molar-refractivity contribution in [3.8, 4) is 11.4 Å². The number of imidazole rings is 1. The molecule has 15 heavy (non-hydrogen) atoms. The molecule has 0 N–H and O–H groups in total. The van der Waals surface area contributed by atoms with Crippen LogP contribution in [0.15, 0.2) is 31.1 Å². The fourth-order valence-corrected chi connectivity index (χ4v) is 1.91. The van der Waals surface area contributed by atoms with Gasteiger partial charge < -0.3 is 4.57 Å². The van der Waals surface area contributed by atoms with Gasteiger partial charge in [0.25, 0.3) is 0 Å². The molecule has 0 aromatic carbocycles. The van der Waals surface area contributed by atoms with Gasteiger partial charge in [-0.2, -0.15) is 0 Å². The van der Waals surface area contributed by atoms with Crippen molar-refractivity contribution in [2.75, 3.05) is 0 Å². The van der Waals surface area contributed by atoms with Crippen LogP contribution in [0.5, 0.6) is 0 Å². The predicted molar refractivity (Wildman–Crippen MR) is 56.1 cm³/mol. The van der Waals surface area contributed by atoms with Crippen LogP contribution >= 0.6 is 0 Å². The van der Waals surface area contributed by atoms with Gasteiger partial charge in [-0.15, -0.1) is 0 Å². The van der Waals surface area contributed by atoms with E-state index in [4.69, 9.17) is 0 Å². The second kappa shape index (κ2) is 3.46. The molecule has 2 aromatic rings. The van der Waals surface area contributed by atoms with Crippen molar-refractivity contribution in [1.29, 1.82) is 0 Å². The van der Waals surface area contributed by atoms with Crippen molar-refractivity contribution in [3.05, 3.63) is 31.1 Å². The molecule has 1 fully saturated rings. The Morgan fingerprint density at radius 3 is 2.67 bits per heavy atom. The van der Waals surface area contributed by atoms with Gasteiger partial charge in [0.2, 0.25) is 0 Å². The van der Waals surface area contributed by atoms with E-state index < -0.39 is 0 Å². The highest BCUT2D eigenvalue weighted by molar-refractivity contribution is 5.52. The van der Waals surface area contributed by atoms with Crippen molar-refractivity contribution >= 4 is 0 Å². The van der Waals surface area contributed by atoms with Gasteiger partial charge in [-0.3, -0.25) is 0 Å². The van der Waals surface area contributed by atoms with Gasteiger partial charge in [0, 0.05) is 30.8 Å². The average Bonchev–Trinajstić information content (AvgIpc) is 2.65. The summed E-state index contributed by atoms with van der Waals surface area (Å²) in [5.74, 6) is 0.986. The summed E-state index contributed by atoms with van der Waals surface area (Å²) in [5, 5.41) is 0. The van der Waals surface area contributed by atoms with Gasteiger partial charge in [-0.25, -0.2) is 15.0 Å². The van der Waals surface area contributed by atoms with E-state index in [1.54, 1.807) is 6.33 Å². The van der Waals surface area contributed by atoms with Gasteiger partial charge >= 0.3 is 0 Å². The molecular formula is C11H12N4. The van der Waals surface area contributed by atoms with Crippen molar-refractivity contribution in [2.45, 2.75) is 25.3 Å². The number of aromatic nitrogens is 4. The number of hydrogen-bond acceptors (Lipinski definition) is 3. The third kappa shape index (κ3) is 1.42. The standard InChI is InChI=1S/C11H12N4/c1-2-10(3-1)15-5-4-14-11(15)9-6-12-8-13-7-9/h4-8,10H,1-3H2. The average molecular weight is 200 g/mol. The minimum absolute atomic E-state index is 0.628. The second-order valence-corrected chi connectivity index (χ2v) is 3.87. The van der Waals surface area contributed by atoms with Gasteiger partial charge in [0.15, 0.2) is 0 Å². The van der Waals surface area contributed by atoms with E-state index in [1.807, 2.05) is 24.8 Å². The Morgan fingerprint density at radius 2 is 2.00 bits per heavy atom. The van der Waals surface area contributed by atoms with Crippen LogP contribution in [-0.4, -0.2) is 19.5 Å². The summed E-state index contributed by atoms with van der Waals surface area (Å²) in [6.07, 6.45) is 12.9. The highest BCUT2D eigenvalue weighted by Crippen LogP contribution is 2.34. The minimum atomic E-state index is 0.628. The van der Waals surface area contributed by atoms with Crippen molar-refractivity contribution in [2.24, 2.45) is 0 Å². The van der Waals surface area contributed by atoms with Crippen molar-refractivity contribution in [1.82, 2.24) is 19.5 Å². The van der Waals surface area contributed by atoms with Gasteiger partial charge in [-0.1, -0.05) is 0 Å². The van der Waals surface area contributed by atoms with Crippen LogP contribution in [0.2, 0.25) is 0 Å².